The summed E-state index contributed by atoms with van der Waals surface area (Å²) in [5.74, 6) is -0.342. The first-order valence-corrected chi connectivity index (χ1v) is 14.5. The number of hydrogen-bond donors (Lipinski definition) is 0. The van der Waals surface area contributed by atoms with Crippen LogP contribution in [-0.2, 0) is 6.37 Å². The van der Waals surface area contributed by atoms with E-state index in [4.69, 9.17) is 12.3 Å². The van der Waals surface area contributed by atoms with E-state index in [9.17, 15) is 5.48 Å². The zero-order valence-electron chi connectivity index (χ0n) is 36.7. The highest BCUT2D eigenvalue weighted by atomic mass is 15.1. The normalized spacial score (nSPS) is 16.5. The highest BCUT2D eigenvalue weighted by Gasteiger charge is 2.21. The minimum atomic E-state index is -3.09. The summed E-state index contributed by atoms with van der Waals surface area (Å²) >= 11 is 0. The van der Waals surface area contributed by atoms with E-state index in [1.165, 1.54) is 4.57 Å². The van der Waals surface area contributed by atoms with Gasteiger partial charge in [0, 0.05) is 18.6 Å². The molecule has 0 aliphatic carbocycles. The minimum absolute atomic E-state index is 0.0527. The quantitative estimate of drug-likeness (QED) is 0.187. The Morgan fingerprint density at radius 2 is 1.16 bits per heavy atom. The number of para-hydroxylation sites is 2. The first kappa shape index (κ1) is 15.8. The Labute approximate surface area is 280 Å². The molecule has 0 radical (unpaired) electrons. The van der Waals surface area contributed by atoms with Crippen LogP contribution < -0.4 is 0 Å². The fourth-order valence-electron chi connectivity index (χ4n) is 6.66. The summed E-state index contributed by atoms with van der Waals surface area (Å²) in [7, 11) is 0. The zero-order valence-corrected chi connectivity index (χ0v) is 23.7. The predicted octanol–water partition coefficient (Wildman–Crippen LogP) is 11.5. The molecule has 2 nitrogen and oxygen atoms in total. The van der Waals surface area contributed by atoms with E-state index in [1.807, 2.05) is 30.3 Å². The lowest BCUT2D eigenvalue weighted by atomic mass is 9.83. The number of aromatic nitrogens is 2. The van der Waals surface area contributed by atoms with Gasteiger partial charge in [-0.25, -0.2) is 4.98 Å². The third-order valence-corrected chi connectivity index (χ3v) is 8.52. The number of hydrogen-bond acceptors (Lipinski definition) is 1. The Bertz CT molecular complexity index is 3150. The van der Waals surface area contributed by atoms with E-state index in [0.29, 0.717) is 38.6 Å². The highest BCUT2D eigenvalue weighted by Crippen LogP contribution is 2.47. The van der Waals surface area contributed by atoms with Gasteiger partial charge in [0.2, 0.25) is 0 Å². The molecule has 0 aliphatic heterocycles. The van der Waals surface area contributed by atoms with Crippen LogP contribution in [-0.4, -0.2) is 9.55 Å². The van der Waals surface area contributed by atoms with Crippen molar-refractivity contribution in [1.29, 1.82) is 0 Å². The van der Waals surface area contributed by atoms with Gasteiger partial charge in [0.1, 0.15) is 5.82 Å². The molecule has 0 unspecified atom stereocenters. The van der Waals surface area contributed by atoms with E-state index in [2.05, 4.69) is 4.98 Å². The fraction of sp³-hybridized carbons (Fsp3) is 0.0465. The zero-order chi connectivity index (χ0) is 41.2. The Hall–Kier alpha value is -5.73. The van der Waals surface area contributed by atoms with Crippen molar-refractivity contribution in [3.8, 4) is 27.9 Å². The molecule has 0 saturated heterocycles. The number of rotatable bonds is 4. The lowest BCUT2D eigenvalue weighted by molar-refractivity contribution is 0.913. The molecular weight excluding hydrogens is 544 g/mol. The largest absolute Gasteiger partial charge is 0.296 e. The lowest BCUT2D eigenvalue weighted by Gasteiger charge is -2.20. The molecule has 8 aromatic carbocycles. The van der Waals surface area contributed by atoms with Crippen LogP contribution in [0.25, 0.3) is 82.1 Å². The van der Waals surface area contributed by atoms with Gasteiger partial charge in [-0.2, -0.15) is 0 Å². The van der Waals surface area contributed by atoms with Crippen LogP contribution in [0.4, 0.5) is 0 Å². The third kappa shape index (κ3) is 3.86. The van der Waals surface area contributed by atoms with Crippen LogP contribution >= 0.6 is 0 Å². The van der Waals surface area contributed by atoms with Gasteiger partial charge in [-0.05, 0) is 78.2 Å². The van der Waals surface area contributed by atoms with Gasteiger partial charge in [0.05, 0.1) is 27.7 Å². The van der Waals surface area contributed by atoms with Crippen LogP contribution in [0.2, 0.25) is 0 Å². The van der Waals surface area contributed by atoms with Crippen LogP contribution in [0.1, 0.15) is 30.5 Å². The van der Waals surface area contributed by atoms with Gasteiger partial charge in [-0.1, -0.05) is 140 Å². The van der Waals surface area contributed by atoms with E-state index in [-0.39, 0.29) is 50.6 Å². The van der Waals surface area contributed by atoms with E-state index in [1.54, 1.807) is 72.8 Å². The predicted molar refractivity (Wildman–Crippen MR) is 191 cm³/mol. The smallest absolute Gasteiger partial charge is 0.114 e. The molecule has 0 bridgehead atoms. The minimum Gasteiger partial charge on any atom is -0.296 e. The first-order valence-electron chi connectivity index (χ1n) is 21.0. The van der Waals surface area contributed by atoms with Gasteiger partial charge in [-0.15, -0.1) is 0 Å². The summed E-state index contributed by atoms with van der Waals surface area (Å²) in [6, 6.07) is 26.5. The highest BCUT2D eigenvalue weighted by molar-refractivity contribution is 6.25. The molecule has 0 atom stereocenters. The van der Waals surface area contributed by atoms with Crippen molar-refractivity contribution in [1.82, 2.24) is 9.55 Å². The van der Waals surface area contributed by atoms with Crippen molar-refractivity contribution >= 4 is 54.1 Å². The second-order valence-corrected chi connectivity index (χ2v) is 10.8. The SMILES string of the molecule is [2H]c1c([2H])c([2H])c2c(-c3ccc(-n4c(C([2H])([2H])C([2H])([2H])[2H])nc5ccccc54)c4ccccc34)c3c([2H])c([2H])c([2H])c([2H])c3c(-c3cccc4ccccc34)c2c1[2H]. The molecule has 0 saturated carbocycles. The van der Waals surface area contributed by atoms with Crippen LogP contribution in [0.15, 0.2) is 151 Å². The van der Waals surface area contributed by atoms with Gasteiger partial charge >= 0.3 is 0 Å². The topological polar surface area (TPSA) is 17.8 Å². The number of benzene rings is 8. The summed E-state index contributed by atoms with van der Waals surface area (Å²) in [6.07, 6.45) is -2.89. The van der Waals surface area contributed by atoms with Crippen molar-refractivity contribution in [2.45, 2.75) is 13.2 Å². The first-order chi connectivity index (χ1) is 27.6. The van der Waals surface area contributed by atoms with Crippen LogP contribution in [0, 0.1) is 0 Å². The molecular formula is C43H30N2. The van der Waals surface area contributed by atoms with E-state index < -0.39 is 49.5 Å². The number of aryl methyl sites for hydroxylation is 1. The second kappa shape index (κ2) is 10.2. The lowest BCUT2D eigenvalue weighted by Crippen LogP contribution is -2.01. The summed E-state index contributed by atoms with van der Waals surface area (Å²) in [4.78, 5) is 4.49. The second-order valence-electron chi connectivity index (χ2n) is 10.8. The average Bonchev–Trinajstić information content (AvgIpc) is 3.61. The summed E-state index contributed by atoms with van der Waals surface area (Å²) in [5.41, 5.74) is 2.49. The molecule has 2 heteroatoms. The molecule has 212 valence electrons. The van der Waals surface area contributed by atoms with Crippen molar-refractivity contribution in [2.24, 2.45) is 0 Å². The molecule has 9 rings (SSSR count). The number of nitrogens with zero attached hydrogens (tertiary/aromatic N) is 2. The molecule has 0 aliphatic rings. The maximum absolute atomic E-state index is 9.45. The van der Waals surface area contributed by atoms with E-state index >= 15 is 0 Å². The van der Waals surface area contributed by atoms with Gasteiger partial charge in [0.15, 0.2) is 0 Å². The molecule has 9 aromatic rings. The Morgan fingerprint density at radius 1 is 0.578 bits per heavy atom. The molecule has 1 aromatic heterocycles. The molecule has 0 fully saturated rings. The standard InChI is InChI=1S/C43H30N2/c1-2-41-44-38-24-11-12-25-40(38)45(41)39-27-26-37(30-17-5-6-18-31(30)39)43-35-21-9-7-19-33(35)42(34-20-8-10-22-36(34)43)32-23-13-15-28-14-3-4-16-29(28)32/h3-27H,2H2,1H3/i1D3,2D2,7D,8D,9D,10D,19D,20D,21D,22D. The summed E-state index contributed by atoms with van der Waals surface area (Å²) < 4.78 is 117. The molecule has 0 spiro atoms. The molecule has 0 amide bonds. The van der Waals surface area contributed by atoms with Gasteiger partial charge in [-0.3, -0.25) is 4.57 Å². The van der Waals surface area contributed by atoms with Gasteiger partial charge in [0.25, 0.3) is 0 Å². The Kier molecular flexibility index (Phi) is 3.58. The van der Waals surface area contributed by atoms with Crippen molar-refractivity contribution in [2.75, 3.05) is 0 Å². The molecule has 1 heterocycles. The van der Waals surface area contributed by atoms with Crippen molar-refractivity contribution in [3.05, 3.63) is 157 Å². The Balaban J connectivity index is 1.51. The molecule has 45 heavy (non-hydrogen) atoms. The fourth-order valence-corrected chi connectivity index (χ4v) is 6.66. The monoisotopic (exact) mass is 587 g/mol. The maximum atomic E-state index is 9.45. The Morgan fingerprint density at radius 3 is 1.87 bits per heavy atom. The molecule has 0 N–H and O–H groups in total. The van der Waals surface area contributed by atoms with Gasteiger partial charge < -0.3 is 0 Å². The summed E-state index contributed by atoms with van der Waals surface area (Å²) in [5, 5.41) is 2.78. The van der Waals surface area contributed by atoms with Crippen molar-refractivity contribution in [3.63, 3.8) is 0 Å². The maximum Gasteiger partial charge on any atom is 0.114 e. The number of imidazole rings is 1. The summed E-state index contributed by atoms with van der Waals surface area (Å²) in [6.45, 7) is -3.09. The van der Waals surface area contributed by atoms with Crippen LogP contribution in [0.5, 0.6) is 0 Å². The van der Waals surface area contributed by atoms with Crippen molar-refractivity contribution < 1.29 is 17.8 Å². The van der Waals surface area contributed by atoms with E-state index in [0.717, 1.165) is 10.8 Å². The number of fused-ring (bicyclic) bond motifs is 5. The third-order valence-electron chi connectivity index (χ3n) is 8.52. The average molecular weight is 588 g/mol. The van der Waals surface area contributed by atoms with Crippen LogP contribution in [0.3, 0.4) is 0 Å².